The van der Waals surface area contributed by atoms with E-state index < -0.39 is 29.6 Å². The highest BCUT2D eigenvalue weighted by molar-refractivity contribution is 5.90. The molecule has 0 spiro atoms. The fourth-order valence-corrected chi connectivity index (χ4v) is 5.91. The van der Waals surface area contributed by atoms with Gasteiger partial charge in [-0.25, -0.2) is 4.79 Å². The van der Waals surface area contributed by atoms with Crippen LogP contribution < -0.4 is 10.3 Å². The highest BCUT2D eigenvalue weighted by Gasteiger charge is 2.33. The molecule has 234 valence electrons. The molecule has 0 radical (unpaired) electrons. The largest absolute Gasteiger partial charge is 0.573 e. The first kappa shape index (κ1) is 30.5. The molecule has 2 aromatic heterocycles. The fourth-order valence-electron chi connectivity index (χ4n) is 5.91. The summed E-state index contributed by atoms with van der Waals surface area (Å²) in [5.41, 5.74) is 3.21. The maximum atomic E-state index is 14.0. The van der Waals surface area contributed by atoms with Crippen molar-refractivity contribution in [3.63, 3.8) is 0 Å². The van der Waals surface area contributed by atoms with E-state index in [1.54, 1.807) is 55.6 Å². The molecule has 1 atom stereocenters. The van der Waals surface area contributed by atoms with Gasteiger partial charge in [0, 0.05) is 29.0 Å². The Morgan fingerprint density at radius 2 is 1.54 bits per heavy atom. The second-order valence-electron chi connectivity index (χ2n) is 10.9. The molecule has 4 aromatic carbocycles. The molecular weight excluding hydrogens is 597 g/mol. The summed E-state index contributed by atoms with van der Waals surface area (Å²) in [5.74, 6) is -1.98. The molecule has 0 aliphatic carbocycles. The number of pyridine rings is 1. The van der Waals surface area contributed by atoms with Crippen LogP contribution >= 0.6 is 0 Å². The fraction of sp³-hybridized carbons (Fsp3) is 0.167. The van der Waals surface area contributed by atoms with Crippen LogP contribution in [0.2, 0.25) is 0 Å². The number of rotatable bonds is 9. The molecule has 7 nitrogen and oxygen atoms in total. The number of esters is 1. The molecule has 0 bridgehead atoms. The molecule has 0 aliphatic heterocycles. The predicted molar refractivity (Wildman–Crippen MR) is 168 cm³/mol. The van der Waals surface area contributed by atoms with E-state index in [0.717, 1.165) is 16.5 Å². The SMILES string of the molecule is Cn1c(=O)c(C(c2ccc(OC(F)(F)F)cc2)c2[nH]c3ccccc3c2CCCOC(=O)c2ccccc2)c(O)c2ccccc21. The molecule has 6 aromatic rings. The van der Waals surface area contributed by atoms with Gasteiger partial charge in [-0.2, -0.15) is 0 Å². The average molecular weight is 627 g/mol. The molecule has 2 N–H and O–H groups in total. The number of H-pyrrole nitrogens is 1. The lowest BCUT2D eigenvalue weighted by atomic mass is 9.85. The van der Waals surface area contributed by atoms with Crippen molar-refractivity contribution in [2.45, 2.75) is 25.1 Å². The van der Waals surface area contributed by atoms with Crippen molar-refractivity contribution in [1.82, 2.24) is 9.55 Å². The first-order valence-electron chi connectivity index (χ1n) is 14.6. The van der Waals surface area contributed by atoms with Gasteiger partial charge in [0.05, 0.1) is 29.2 Å². The van der Waals surface area contributed by atoms with Crippen molar-refractivity contribution >= 4 is 27.8 Å². The molecule has 0 fully saturated rings. The Morgan fingerprint density at radius 3 is 2.26 bits per heavy atom. The number of hydrogen-bond acceptors (Lipinski definition) is 5. The number of para-hydroxylation sites is 2. The van der Waals surface area contributed by atoms with Crippen molar-refractivity contribution in [2.24, 2.45) is 7.05 Å². The number of fused-ring (bicyclic) bond motifs is 2. The van der Waals surface area contributed by atoms with E-state index in [-0.39, 0.29) is 17.9 Å². The van der Waals surface area contributed by atoms with Gasteiger partial charge in [-0.05, 0) is 66.4 Å². The van der Waals surface area contributed by atoms with Gasteiger partial charge in [0.1, 0.15) is 11.5 Å². The highest BCUT2D eigenvalue weighted by Crippen LogP contribution is 2.41. The number of aryl methyl sites for hydroxylation is 2. The summed E-state index contributed by atoms with van der Waals surface area (Å²) in [4.78, 5) is 30.0. The third-order valence-corrected chi connectivity index (χ3v) is 8.00. The first-order valence-corrected chi connectivity index (χ1v) is 14.6. The van der Waals surface area contributed by atoms with Crippen molar-refractivity contribution < 1.29 is 32.5 Å². The van der Waals surface area contributed by atoms with Gasteiger partial charge in [-0.3, -0.25) is 4.79 Å². The van der Waals surface area contributed by atoms with E-state index in [4.69, 9.17) is 4.74 Å². The van der Waals surface area contributed by atoms with Crippen LogP contribution in [-0.2, 0) is 18.2 Å². The summed E-state index contributed by atoms with van der Waals surface area (Å²) >= 11 is 0. The number of benzene rings is 4. The molecule has 0 aliphatic rings. The minimum absolute atomic E-state index is 0.0639. The zero-order chi connectivity index (χ0) is 32.4. The number of aromatic nitrogens is 2. The van der Waals surface area contributed by atoms with Crippen molar-refractivity contribution in [2.75, 3.05) is 6.61 Å². The minimum atomic E-state index is -4.87. The minimum Gasteiger partial charge on any atom is -0.507 e. The number of alkyl halides is 3. The van der Waals surface area contributed by atoms with E-state index in [1.165, 1.54) is 28.8 Å². The van der Waals surface area contributed by atoms with Gasteiger partial charge in [-0.15, -0.1) is 13.2 Å². The highest BCUT2D eigenvalue weighted by atomic mass is 19.4. The van der Waals surface area contributed by atoms with Crippen LogP contribution in [0.1, 0.15) is 45.1 Å². The molecular formula is C36H29F3N2O5. The molecule has 46 heavy (non-hydrogen) atoms. The molecule has 10 heteroatoms. The number of carbonyl (C=O) groups excluding carboxylic acids is 1. The third kappa shape index (κ3) is 6.06. The van der Waals surface area contributed by atoms with E-state index in [9.17, 15) is 27.9 Å². The zero-order valence-electron chi connectivity index (χ0n) is 24.7. The van der Waals surface area contributed by atoms with Crippen molar-refractivity contribution in [3.05, 3.63) is 141 Å². The number of ether oxygens (including phenoxy) is 2. The van der Waals surface area contributed by atoms with E-state index >= 15 is 0 Å². The summed E-state index contributed by atoms with van der Waals surface area (Å²) in [6.07, 6.45) is -4.00. The lowest BCUT2D eigenvalue weighted by molar-refractivity contribution is -0.274. The Balaban J connectivity index is 1.46. The van der Waals surface area contributed by atoms with Crippen LogP contribution in [0.5, 0.6) is 11.5 Å². The van der Waals surface area contributed by atoms with E-state index in [2.05, 4.69) is 9.72 Å². The van der Waals surface area contributed by atoms with Gasteiger partial charge in [-0.1, -0.05) is 60.7 Å². The summed E-state index contributed by atoms with van der Waals surface area (Å²) in [6.45, 7) is 0.129. The summed E-state index contributed by atoms with van der Waals surface area (Å²) in [6, 6.07) is 28.4. The van der Waals surface area contributed by atoms with Crippen LogP contribution in [0.15, 0.2) is 108 Å². The molecule has 0 saturated carbocycles. The molecule has 2 heterocycles. The van der Waals surface area contributed by atoms with Crippen LogP contribution in [0, 0.1) is 0 Å². The normalized spacial score (nSPS) is 12.3. The number of nitrogens with zero attached hydrogens (tertiary/aromatic N) is 1. The predicted octanol–water partition coefficient (Wildman–Crippen LogP) is 7.59. The number of halogens is 3. The summed E-state index contributed by atoms with van der Waals surface area (Å²) < 4.78 is 49.9. The topological polar surface area (TPSA) is 93.5 Å². The van der Waals surface area contributed by atoms with Crippen LogP contribution in [0.3, 0.4) is 0 Å². The Hall–Kier alpha value is -5.51. The Labute approximate surface area is 261 Å². The first-order chi connectivity index (χ1) is 22.1. The number of aromatic amines is 1. The van der Waals surface area contributed by atoms with E-state index in [0.29, 0.717) is 40.6 Å². The number of nitrogens with one attached hydrogen (secondary N) is 1. The van der Waals surface area contributed by atoms with Gasteiger partial charge in [0.2, 0.25) is 0 Å². The third-order valence-electron chi connectivity index (χ3n) is 8.00. The van der Waals surface area contributed by atoms with Gasteiger partial charge < -0.3 is 24.1 Å². The van der Waals surface area contributed by atoms with Gasteiger partial charge >= 0.3 is 12.3 Å². The standard InChI is InChI=1S/C36H29F3N2O5/c1-41-29-16-8-6-13-27(29)33(42)31(34(41)43)30(22-17-19-24(20-18-22)46-36(37,38)39)32-26(25-12-5-7-15-28(25)40-32)14-9-21-45-35(44)23-10-3-2-4-11-23/h2-8,10-13,15-20,30,40,42H,9,14,21H2,1H3. The Morgan fingerprint density at radius 1 is 0.891 bits per heavy atom. The number of carbonyl (C=O) groups is 1. The smallest absolute Gasteiger partial charge is 0.507 e. The average Bonchev–Trinajstić information content (AvgIpc) is 3.42. The van der Waals surface area contributed by atoms with E-state index in [1.807, 2.05) is 30.3 Å². The van der Waals surface area contributed by atoms with Gasteiger partial charge in [0.25, 0.3) is 5.56 Å². The van der Waals surface area contributed by atoms with Crippen LogP contribution in [0.4, 0.5) is 13.2 Å². The second-order valence-corrected chi connectivity index (χ2v) is 10.9. The summed E-state index contributed by atoms with van der Waals surface area (Å²) in [7, 11) is 1.61. The summed E-state index contributed by atoms with van der Waals surface area (Å²) in [5, 5.41) is 13.0. The lowest BCUT2D eigenvalue weighted by Gasteiger charge is -2.22. The Kier molecular flexibility index (Phi) is 8.27. The number of hydrogen-bond donors (Lipinski definition) is 2. The zero-order valence-corrected chi connectivity index (χ0v) is 24.7. The maximum Gasteiger partial charge on any atom is 0.573 e. The van der Waals surface area contributed by atoms with Gasteiger partial charge in [0.15, 0.2) is 0 Å². The second kappa shape index (κ2) is 12.5. The molecule has 0 amide bonds. The molecule has 0 saturated heterocycles. The van der Waals surface area contributed by atoms with Crippen LogP contribution in [0.25, 0.3) is 21.8 Å². The van der Waals surface area contributed by atoms with Crippen molar-refractivity contribution in [3.8, 4) is 11.5 Å². The molecule has 6 rings (SSSR count). The maximum absolute atomic E-state index is 14.0. The molecule has 1 unspecified atom stereocenters. The quantitative estimate of drug-likeness (QED) is 0.127. The number of aromatic hydroxyl groups is 1. The Bertz CT molecular complexity index is 2080. The monoisotopic (exact) mass is 626 g/mol. The van der Waals surface area contributed by atoms with Crippen molar-refractivity contribution in [1.29, 1.82) is 0 Å². The lowest BCUT2D eigenvalue weighted by Crippen LogP contribution is -2.25. The van der Waals surface area contributed by atoms with Crippen LogP contribution in [-0.4, -0.2) is 33.6 Å².